The first-order valence-electron chi connectivity index (χ1n) is 3.06. The predicted molar refractivity (Wildman–Crippen MR) is 43.9 cm³/mol. The van der Waals surface area contributed by atoms with Gasteiger partial charge >= 0.3 is 5.37 Å². The van der Waals surface area contributed by atoms with Gasteiger partial charge in [0.1, 0.15) is 5.82 Å². The zero-order chi connectivity index (χ0) is 8.27. The van der Waals surface area contributed by atoms with Gasteiger partial charge in [-0.15, -0.1) is 0 Å². The number of hydrogen-bond donors (Lipinski definition) is 0. The molecule has 0 saturated carbocycles. The standard InChI is InChI=1S/C7H7ClN2O/c1-10(7(8)11)6-4-2-3-5-9-6/h2-5H,1H3. The van der Waals surface area contributed by atoms with Gasteiger partial charge in [-0.2, -0.15) is 0 Å². The van der Waals surface area contributed by atoms with Crippen molar-refractivity contribution >= 4 is 22.8 Å². The van der Waals surface area contributed by atoms with Gasteiger partial charge in [0.15, 0.2) is 0 Å². The van der Waals surface area contributed by atoms with Gasteiger partial charge in [-0.3, -0.25) is 9.69 Å². The zero-order valence-corrected chi connectivity index (χ0v) is 6.75. The van der Waals surface area contributed by atoms with Crippen LogP contribution in [0.15, 0.2) is 24.4 Å². The molecule has 0 unspecified atom stereocenters. The third kappa shape index (κ3) is 1.91. The van der Waals surface area contributed by atoms with Crippen LogP contribution in [0, 0.1) is 0 Å². The lowest BCUT2D eigenvalue weighted by molar-refractivity contribution is 0.265. The highest BCUT2D eigenvalue weighted by Crippen LogP contribution is 2.08. The number of halogens is 1. The Labute approximate surface area is 69.6 Å². The lowest BCUT2D eigenvalue weighted by Crippen LogP contribution is -2.20. The van der Waals surface area contributed by atoms with Gasteiger partial charge in [-0.25, -0.2) is 4.98 Å². The minimum Gasteiger partial charge on any atom is -0.286 e. The molecule has 1 heterocycles. The number of carbonyl (C=O) groups excluding carboxylic acids is 1. The molecule has 0 N–H and O–H groups in total. The third-order valence-corrected chi connectivity index (χ3v) is 1.51. The SMILES string of the molecule is CN(C(=O)Cl)c1ccccn1. The maximum atomic E-state index is 10.6. The quantitative estimate of drug-likeness (QED) is 0.476. The molecule has 0 aliphatic heterocycles. The zero-order valence-electron chi connectivity index (χ0n) is 5.99. The fourth-order valence-corrected chi connectivity index (χ4v) is 0.729. The van der Waals surface area contributed by atoms with Crippen LogP contribution in [0.2, 0.25) is 0 Å². The molecular weight excluding hydrogens is 164 g/mol. The fourth-order valence-electron chi connectivity index (χ4n) is 0.642. The molecule has 1 amide bonds. The van der Waals surface area contributed by atoms with E-state index in [2.05, 4.69) is 4.98 Å². The molecule has 0 aliphatic carbocycles. The molecule has 0 fully saturated rings. The van der Waals surface area contributed by atoms with Crippen LogP contribution in [0.5, 0.6) is 0 Å². The van der Waals surface area contributed by atoms with E-state index in [1.807, 2.05) is 0 Å². The van der Waals surface area contributed by atoms with E-state index in [0.29, 0.717) is 5.82 Å². The second-order valence-corrected chi connectivity index (χ2v) is 2.32. The van der Waals surface area contributed by atoms with Gasteiger partial charge in [0.2, 0.25) is 0 Å². The number of aromatic nitrogens is 1. The highest BCUT2D eigenvalue weighted by Gasteiger charge is 2.06. The van der Waals surface area contributed by atoms with Crippen LogP contribution >= 0.6 is 11.6 Å². The molecule has 0 aromatic carbocycles. The normalized spacial score (nSPS) is 9.27. The summed E-state index contributed by atoms with van der Waals surface area (Å²) in [6.07, 6.45) is 1.60. The molecule has 0 spiro atoms. The molecule has 0 bridgehead atoms. The van der Waals surface area contributed by atoms with E-state index < -0.39 is 5.37 Å². The van der Waals surface area contributed by atoms with Crippen LogP contribution in [-0.2, 0) is 0 Å². The third-order valence-electron chi connectivity index (χ3n) is 1.26. The second kappa shape index (κ2) is 3.34. The Bertz CT molecular complexity index is 250. The number of carbonyl (C=O) groups is 1. The molecule has 11 heavy (non-hydrogen) atoms. The Hall–Kier alpha value is -1.09. The van der Waals surface area contributed by atoms with Crippen molar-refractivity contribution < 1.29 is 4.79 Å². The molecule has 0 atom stereocenters. The molecule has 0 aliphatic rings. The summed E-state index contributed by atoms with van der Waals surface area (Å²) < 4.78 is 0. The van der Waals surface area contributed by atoms with E-state index >= 15 is 0 Å². The molecule has 1 aromatic heterocycles. The van der Waals surface area contributed by atoms with Gasteiger partial charge in [0.25, 0.3) is 0 Å². The number of amides is 1. The number of pyridine rings is 1. The Balaban J connectivity index is 2.85. The van der Waals surface area contributed by atoms with Crippen molar-refractivity contribution in [1.82, 2.24) is 4.98 Å². The lowest BCUT2D eigenvalue weighted by atomic mass is 10.4. The maximum Gasteiger partial charge on any atom is 0.321 e. The van der Waals surface area contributed by atoms with E-state index in [1.54, 1.807) is 31.4 Å². The minimum absolute atomic E-state index is 0.538. The van der Waals surface area contributed by atoms with E-state index in [9.17, 15) is 4.79 Å². The summed E-state index contributed by atoms with van der Waals surface area (Å²) in [6, 6.07) is 5.27. The molecule has 3 nitrogen and oxygen atoms in total. The van der Waals surface area contributed by atoms with Gasteiger partial charge in [0, 0.05) is 13.2 Å². The highest BCUT2D eigenvalue weighted by molar-refractivity contribution is 6.66. The number of nitrogens with zero attached hydrogens (tertiary/aromatic N) is 2. The molecule has 58 valence electrons. The van der Waals surface area contributed by atoms with E-state index in [-0.39, 0.29) is 0 Å². The van der Waals surface area contributed by atoms with Crippen molar-refractivity contribution in [2.75, 3.05) is 11.9 Å². The fraction of sp³-hybridized carbons (Fsp3) is 0.143. The van der Waals surface area contributed by atoms with Gasteiger partial charge < -0.3 is 0 Å². The number of anilines is 1. The van der Waals surface area contributed by atoms with Crippen molar-refractivity contribution in [2.45, 2.75) is 0 Å². The van der Waals surface area contributed by atoms with Gasteiger partial charge in [-0.05, 0) is 23.7 Å². The van der Waals surface area contributed by atoms with Crippen LogP contribution in [0.3, 0.4) is 0 Å². The van der Waals surface area contributed by atoms with Crippen LogP contribution in [0.25, 0.3) is 0 Å². The van der Waals surface area contributed by atoms with Crippen molar-refractivity contribution in [3.05, 3.63) is 24.4 Å². The van der Waals surface area contributed by atoms with E-state index in [1.165, 1.54) is 4.90 Å². The summed E-state index contributed by atoms with van der Waals surface area (Å²) in [5.74, 6) is 0.549. The van der Waals surface area contributed by atoms with Crippen LogP contribution in [0.1, 0.15) is 0 Å². The molecule has 1 aromatic rings. The largest absolute Gasteiger partial charge is 0.321 e. The first-order chi connectivity index (χ1) is 5.22. The van der Waals surface area contributed by atoms with Crippen molar-refractivity contribution in [3.8, 4) is 0 Å². The summed E-state index contributed by atoms with van der Waals surface area (Å²) in [5, 5.41) is -0.538. The Morgan fingerprint density at radius 1 is 1.64 bits per heavy atom. The van der Waals surface area contributed by atoms with Crippen molar-refractivity contribution in [1.29, 1.82) is 0 Å². The van der Waals surface area contributed by atoms with Gasteiger partial charge in [0.05, 0.1) is 0 Å². The topological polar surface area (TPSA) is 33.2 Å². The summed E-state index contributed by atoms with van der Waals surface area (Å²) >= 11 is 5.21. The highest BCUT2D eigenvalue weighted by atomic mass is 35.5. The number of hydrogen-bond acceptors (Lipinski definition) is 2. The average Bonchev–Trinajstić information content (AvgIpc) is 2.05. The first kappa shape index (κ1) is 8.01. The average molecular weight is 171 g/mol. The summed E-state index contributed by atoms with van der Waals surface area (Å²) in [7, 11) is 1.57. The molecule has 0 radical (unpaired) electrons. The van der Waals surface area contributed by atoms with Gasteiger partial charge in [-0.1, -0.05) is 6.07 Å². The minimum atomic E-state index is -0.538. The molecule has 0 saturated heterocycles. The molecule has 4 heteroatoms. The van der Waals surface area contributed by atoms with E-state index in [4.69, 9.17) is 11.6 Å². The van der Waals surface area contributed by atoms with Crippen LogP contribution in [-0.4, -0.2) is 17.4 Å². The Morgan fingerprint density at radius 3 is 2.82 bits per heavy atom. The Morgan fingerprint density at radius 2 is 2.36 bits per heavy atom. The Kier molecular flexibility index (Phi) is 2.44. The van der Waals surface area contributed by atoms with Crippen LogP contribution < -0.4 is 4.90 Å². The van der Waals surface area contributed by atoms with Crippen molar-refractivity contribution in [3.63, 3.8) is 0 Å². The van der Waals surface area contributed by atoms with Crippen molar-refractivity contribution in [2.24, 2.45) is 0 Å². The smallest absolute Gasteiger partial charge is 0.286 e. The van der Waals surface area contributed by atoms with Crippen LogP contribution in [0.4, 0.5) is 10.6 Å². The van der Waals surface area contributed by atoms with E-state index in [0.717, 1.165) is 0 Å². The first-order valence-corrected chi connectivity index (χ1v) is 3.44. The monoisotopic (exact) mass is 170 g/mol. The lowest BCUT2D eigenvalue weighted by Gasteiger charge is -2.10. The summed E-state index contributed by atoms with van der Waals surface area (Å²) in [4.78, 5) is 15.8. The summed E-state index contributed by atoms with van der Waals surface area (Å²) in [5.41, 5.74) is 0. The molecular formula is C7H7ClN2O. The summed E-state index contributed by atoms with van der Waals surface area (Å²) in [6.45, 7) is 0. The molecule has 1 rings (SSSR count). The maximum absolute atomic E-state index is 10.6. The second-order valence-electron chi connectivity index (χ2n) is 2.00. The predicted octanol–water partition coefficient (Wildman–Crippen LogP) is 1.88. The number of rotatable bonds is 1.